The second-order valence-corrected chi connectivity index (χ2v) is 9.99. The van der Waals surface area contributed by atoms with Gasteiger partial charge >= 0.3 is 0 Å². The Morgan fingerprint density at radius 1 is 1.12 bits per heavy atom. The molecule has 1 amide bonds. The van der Waals surface area contributed by atoms with Crippen LogP contribution in [0.15, 0.2) is 70.1 Å². The first kappa shape index (κ1) is 22.9. The Kier molecular flexibility index (Phi) is 7.05. The lowest BCUT2D eigenvalue weighted by Gasteiger charge is -2.31. The molecule has 1 unspecified atom stereocenters. The number of hydrogen-bond donors (Lipinski definition) is 1. The lowest BCUT2D eigenvalue weighted by atomic mass is 9.99. The number of aromatic nitrogens is 1. The Labute approximate surface area is 194 Å². The molecular formula is C25H27N3O4S. The van der Waals surface area contributed by atoms with Gasteiger partial charge in [-0.15, -0.1) is 0 Å². The monoisotopic (exact) mass is 465 g/mol. The average Bonchev–Trinajstić information content (AvgIpc) is 3.23. The first-order valence-electron chi connectivity index (χ1n) is 11.0. The molecule has 1 atom stereocenters. The van der Waals surface area contributed by atoms with Crippen molar-refractivity contribution >= 4 is 28.1 Å². The van der Waals surface area contributed by atoms with E-state index in [-0.39, 0.29) is 23.1 Å². The molecule has 3 aromatic rings. The highest BCUT2D eigenvalue weighted by atomic mass is 32.2. The summed E-state index contributed by atoms with van der Waals surface area (Å²) < 4.78 is 33.7. The molecule has 0 saturated carbocycles. The summed E-state index contributed by atoms with van der Waals surface area (Å²) in [7, 11) is -3.87. The number of carbonyl (C=O) groups excluding carboxylic acids is 1. The number of piperidine rings is 1. The molecule has 8 heteroatoms. The van der Waals surface area contributed by atoms with Gasteiger partial charge in [0.15, 0.2) is 10.7 Å². The van der Waals surface area contributed by atoms with Crippen molar-refractivity contribution in [3.05, 3.63) is 83.2 Å². The summed E-state index contributed by atoms with van der Waals surface area (Å²) in [5, 5.41) is 6.83. The largest absolute Gasteiger partial charge is 0.355 e. The summed E-state index contributed by atoms with van der Waals surface area (Å²) in [4.78, 5) is 12.8. The highest BCUT2D eigenvalue weighted by molar-refractivity contribution is 7.89. The fraction of sp³-hybridized carbons (Fsp3) is 0.280. The van der Waals surface area contributed by atoms with E-state index in [1.165, 1.54) is 4.31 Å². The van der Waals surface area contributed by atoms with Crippen molar-refractivity contribution < 1.29 is 17.7 Å². The van der Waals surface area contributed by atoms with Gasteiger partial charge in [-0.1, -0.05) is 71.9 Å². The maximum absolute atomic E-state index is 13.5. The number of rotatable bonds is 7. The molecule has 1 N–H and O–H groups in total. The van der Waals surface area contributed by atoms with E-state index in [0.717, 1.165) is 11.1 Å². The number of benzene rings is 2. The van der Waals surface area contributed by atoms with E-state index in [1.54, 1.807) is 19.1 Å². The summed E-state index contributed by atoms with van der Waals surface area (Å²) >= 11 is 0. The predicted octanol–water partition coefficient (Wildman–Crippen LogP) is 3.87. The SMILES string of the molecule is Cc1noc(C=Cc2ccccc2)c1S(=O)(=O)N1CCCC(C(=O)NCc2ccccc2)C1. The molecule has 7 nitrogen and oxygen atoms in total. The van der Waals surface area contributed by atoms with E-state index in [1.807, 2.05) is 60.7 Å². The van der Waals surface area contributed by atoms with Crippen molar-refractivity contribution in [1.82, 2.24) is 14.8 Å². The van der Waals surface area contributed by atoms with Gasteiger partial charge in [0.05, 0.1) is 5.92 Å². The molecule has 1 fully saturated rings. The van der Waals surface area contributed by atoms with E-state index < -0.39 is 15.9 Å². The Morgan fingerprint density at radius 2 is 1.82 bits per heavy atom. The fourth-order valence-corrected chi connectivity index (χ4v) is 5.74. The predicted molar refractivity (Wildman–Crippen MR) is 126 cm³/mol. The molecule has 1 saturated heterocycles. The number of nitrogens with zero attached hydrogens (tertiary/aromatic N) is 2. The Morgan fingerprint density at radius 3 is 2.55 bits per heavy atom. The van der Waals surface area contributed by atoms with Crippen LogP contribution in [-0.2, 0) is 21.4 Å². The number of aryl methyl sites for hydroxylation is 1. The van der Waals surface area contributed by atoms with E-state index in [0.29, 0.717) is 31.6 Å². The Balaban J connectivity index is 1.48. The minimum absolute atomic E-state index is 0.0556. The standard InChI is InChI=1S/C25H27N3O4S/c1-19-24(23(32-27-19)15-14-20-9-4-2-5-10-20)33(30,31)28-16-8-13-22(18-28)25(29)26-17-21-11-6-3-7-12-21/h2-7,9-12,14-15,22H,8,13,16-18H2,1H3,(H,26,29). The van der Waals surface area contributed by atoms with E-state index in [4.69, 9.17) is 4.52 Å². The number of hydrogen-bond acceptors (Lipinski definition) is 5. The van der Waals surface area contributed by atoms with Gasteiger partial charge in [0.1, 0.15) is 5.69 Å². The van der Waals surface area contributed by atoms with Crippen LogP contribution in [0.2, 0.25) is 0 Å². The quantitative estimate of drug-likeness (QED) is 0.572. The minimum Gasteiger partial charge on any atom is -0.355 e. The second-order valence-electron chi connectivity index (χ2n) is 8.11. The van der Waals surface area contributed by atoms with Crippen molar-refractivity contribution in [3.63, 3.8) is 0 Å². The maximum atomic E-state index is 13.5. The molecule has 2 heterocycles. The van der Waals surface area contributed by atoms with Gasteiger partial charge in [0.25, 0.3) is 0 Å². The Bertz CT molecular complexity index is 1220. The van der Waals surface area contributed by atoms with Gasteiger partial charge in [0, 0.05) is 19.6 Å². The summed E-state index contributed by atoms with van der Waals surface area (Å²) in [5.74, 6) is -0.349. The lowest BCUT2D eigenvalue weighted by molar-refractivity contribution is -0.126. The van der Waals surface area contributed by atoms with Crippen molar-refractivity contribution in [3.8, 4) is 0 Å². The number of amides is 1. The smallest absolute Gasteiger partial charge is 0.248 e. The number of sulfonamides is 1. The molecule has 0 spiro atoms. The number of nitrogens with one attached hydrogen (secondary N) is 1. The summed E-state index contributed by atoms with van der Waals surface area (Å²) in [6.07, 6.45) is 4.67. The van der Waals surface area contributed by atoms with Crippen molar-refractivity contribution in [2.24, 2.45) is 5.92 Å². The topological polar surface area (TPSA) is 92.5 Å². The van der Waals surface area contributed by atoms with Crippen LogP contribution in [0.4, 0.5) is 0 Å². The zero-order valence-electron chi connectivity index (χ0n) is 18.5. The van der Waals surface area contributed by atoms with Gasteiger partial charge in [-0.05, 0) is 37.0 Å². The Hall–Kier alpha value is -3.23. The van der Waals surface area contributed by atoms with Crippen LogP contribution in [-0.4, -0.2) is 36.9 Å². The molecule has 33 heavy (non-hydrogen) atoms. The van der Waals surface area contributed by atoms with E-state index in [2.05, 4.69) is 10.5 Å². The van der Waals surface area contributed by atoms with Crippen LogP contribution in [0.1, 0.15) is 35.4 Å². The van der Waals surface area contributed by atoms with Crippen LogP contribution in [0.3, 0.4) is 0 Å². The molecule has 0 aliphatic carbocycles. The first-order chi connectivity index (χ1) is 15.9. The molecule has 0 bridgehead atoms. The van der Waals surface area contributed by atoms with Crippen molar-refractivity contribution in [1.29, 1.82) is 0 Å². The van der Waals surface area contributed by atoms with E-state index in [9.17, 15) is 13.2 Å². The van der Waals surface area contributed by atoms with Crippen LogP contribution in [0, 0.1) is 12.8 Å². The second kappa shape index (κ2) is 10.1. The maximum Gasteiger partial charge on any atom is 0.248 e. The summed E-state index contributed by atoms with van der Waals surface area (Å²) in [6.45, 7) is 2.53. The van der Waals surface area contributed by atoms with Crippen molar-refractivity contribution in [2.45, 2.75) is 31.2 Å². The molecule has 1 aliphatic rings. The summed E-state index contributed by atoms with van der Waals surface area (Å²) in [6, 6.07) is 19.2. The molecule has 0 radical (unpaired) electrons. The molecule has 1 aromatic heterocycles. The normalized spacial score (nSPS) is 17.3. The van der Waals surface area contributed by atoms with Gasteiger partial charge in [-0.25, -0.2) is 8.42 Å². The third kappa shape index (κ3) is 5.40. The van der Waals surface area contributed by atoms with Crippen LogP contribution >= 0.6 is 0 Å². The van der Waals surface area contributed by atoms with Crippen LogP contribution in [0.25, 0.3) is 12.2 Å². The zero-order chi connectivity index (χ0) is 23.3. The van der Waals surface area contributed by atoms with Gasteiger partial charge in [-0.3, -0.25) is 4.79 Å². The van der Waals surface area contributed by atoms with Gasteiger partial charge in [-0.2, -0.15) is 4.31 Å². The first-order valence-corrected chi connectivity index (χ1v) is 12.4. The molecule has 1 aliphatic heterocycles. The molecule has 4 rings (SSSR count). The third-order valence-electron chi connectivity index (χ3n) is 5.72. The van der Waals surface area contributed by atoms with Crippen LogP contribution in [0.5, 0.6) is 0 Å². The third-order valence-corrected chi connectivity index (χ3v) is 7.75. The van der Waals surface area contributed by atoms with Crippen LogP contribution < -0.4 is 5.32 Å². The molecule has 2 aromatic carbocycles. The number of carbonyl (C=O) groups is 1. The van der Waals surface area contributed by atoms with Crippen molar-refractivity contribution in [2.75, 3.05) is 13.1 Å². The lowest BCUT2D eigenvalue weighted by Crippen LogP contribution is -2.45. The highest BCUT2D eigenvalue weighted by Crippen LogP contribution is 2.29. The average molecular weight is 466 g/mol. The van der Waals surface area contributed by atoms with Gasteiger partial charge < -0.3 is 9.84 Å². The minimum atomic E-state index is -3.87. The van der Waals surface area contributed by atoms with E-state index >= 15 is 0 Å². The molecule has 172 valence electrons. The summed E-state index contributed by atoms with van der Waals surface area (Å²) in [5.41, 5.74) is 2.22. The molecular weight excluding hydrogens is 438 g/mol. The van der Waals surface area contributed by atoms with Gasteiger partial charge in [0.2, 0.25) is 15.9 Å². The zero-order valence-corrected chi connectivity index (χ0v) is 19.3. The fourth-order valence-electron chi connectivity index (χ4n) is 3.97. The highest BCUT2D eigenvalue weighted by Gasteiger charge is 2.36.